The van der Waals surface area contributed by atoms with E-state index in [9.17, 15) is 15.0 Å². The van der Waals surface area contributed by atoms with Crippen LogP contribution in [0.2, 0.25) is 0 Å². The Morgan fingerprint density at radius 3 is 2.77 bits per heavy atom. The van der Waals surface area contributed by atoms with E-state index in [1.165, 1.54) is 0 Å². The van der Waals surface area contributed by atoms with Crippen molar-refractivity contribution in [2.24, 2.45) is 0 Å². The molecule has 0 aliphatic rings. The van der Waals surface area contributed by atoms with Gasteiger partial charge in [0.25, 0.3) is 0 Å². The first-order valence-electron chi connectivity index (χ1n) is 7.29. The number of fused-ring (bicyclic) bond motifs is 1. The minimum atomic E-state index is -0.999. The summed E-state index contributed by atoms with van der Waals surface area (Å²) in [6.45, 7) is 6.34. The topological polar surface area (TPSA) is 94.6 Å². The summed E-state index contributed by atoms with van der Waals surface area (Å²) in [4.78, 5) is 14.1. The number of hydrogen-bond acceptors (Lipinski definition) is 4. The van der Waals surface area contributed by atoms with E-state index in [4.69, 9.17) is 4.74 Å². The molecule has 0 radical (unpaired) electrons. The number of aromatic carboxylic acids is 1. The average Bonchev–Trinajstić information content (AvgIpc) is 2.81. The van der Waals surface area contributed by atoms with Crippen LogP contribution in [0.15, 0.2) is 18.2 Å². The summed E-state index contributed by atoms with van der Waals surface area (Å²) in [5.41, 5.74) is 1.50. The van der Waals surface area contributed by atoms with Crippen LogP contribution in [0.25, 0.3) is 10.9 Å². The summed E-state index contributed by atoms with van der Waals surface area (Å²) >= 11 is 0. The summed E-state index contributed by atoms with van der Waals surface area (Å²) in [6, 6.07) is 5.66. The van der Waals surface area contributed by atoms with Gasteiger partial charge in [-0.25, -0.2) is 4.79 Å². The number of nitrogens with one attached hydrogen (secondary N) is 2. The summed E-state index contributed by atoms with van der Waals surface area (Å²) in [6.07, 6.45) is -0.629. The summed E-state index contributed by atoms with van der Waals surface area (Å²) in [5.74, 6) is -0.428. The first kappa shape index (κ1) is 16.3. The number of aliphatic hydroxyl groups excluding tert-OH is 1. The number of aryl methyl sites for hydroxylation is 1. The molecule has 0 aliphatic carbocycles. The highest BCUT2D eigenvalue weighted by Gasteiger charge is 2.17. The molecule has 6 nitrogen and oxygen atoms in total. The number of rotatable bonds is 7. The van der Waals surface area contributed by atoms with Crippen LogP contribution >= 0.6 is 0 Å². The number of aliphatic hydroxyl groups is 1. The van der Waals surface area contributed by atoms with Crippen LogP contribution in [0.1, 0.15) is 29.9 Å². The lowest BCUT2D eigenvalue weighted by Gasteiger charge is -2.15. The molecule has 1 aromatic carbocycles. The molecular formula is C16H22N2O4. The van der Waals surface area contributed by atoms with Gasteiger partial charge in [0, 0.05) is 18.0 Å². The van der Waals surface area contributed by atoms with E-state index in [0.717, 1.165) is 5.39 Å². The minimum absolute atomic E-state index is 0.145. The fraction of sp³-hybridized carbons (Fsp3) is 0.438. The molecule has 2 rings (SSSR count). The maximum atomic E-state index is 11.2. The second kappa shape index (κ2) is 6.81. The zero-order valence-corrected chi connectivity index (χ0v) is 13.0. The molecule has 120 valence electrons. The summed E-state index contributed by atoms with van der Waals surface area (Å²) in [5, 5.41) is 23.0. The highest BCUT2D eigenvalue weighted by atomic mass is 16.5. The zero-order chi connectivity index (χ0) is 16.3. The van der Waals surface area contributed by atoms with Gasteiger partial charge in [-0.3, -0.25) is 0 Å². The van der Waals surface area contributed by atoms with E-state index in [-0.39, 0.29) is 12.3 Å². The van der Waals surface area contributed by atoms with Gasteiger partial charge in [0.05, 0.1) is 5.52 Å². The van der Waals surface area contributed by atoms with Gasteiger partial charge in [0.2, 0.25) is 0 Å². The molecule has 2 aromatic rings. The van der Waals surface area contributed by atoms with Gasteiger partial charge >= 0.3 is 5.97 Å². The van der Waals surface area contributed by atoms with Gasteiger partial charge in [0.1, 0.15) is 24.2 Å². The first-order chi connectivity index (χ1) is 10.4. The van der Waals surface area contributed by atoms with Crippen LogP contribution in [0.3, 0.4) is 0 Å². The predicted molar refractivity (Wildman–Crippen MR) is 84.6 cm³/mol. The van der Waals surface area contributed by atoms with E-state index >= 15 is 0 Å². The Hall–Kier alpha value is -2.05. The van der Waals surface area contributed by atoms with Gasteiger partial charge < -0.3 is 25.3 Å². The van der Waals surface area contributed by atoms with Crippen LogP contribution in [0.4, 0.5) is 0 Å². The van der Waals surface area contributed by atoms with E-state index in [1.54, 1.807) is 25.1 Å². The largest absolute Gasteiger partial charge is 0.490 e. The van der Waals surface area contributed by atoms with Crippen LogP contribution < -0.4 is 10.1 Å². The zero-order valence-electron chi connectivity index (χ0n) is 13.0. The number of ether oxygens (including phenoxy) is 1. The third-order valence-electron chi connectivity index (χ3n) is 3.44. The lowest BCUT2D eigenvalue weighted by molar-refractivity contribution is 0.0690. The maximum absolute atomic E-state index is 11.2. The number of carboxylic acid groups (broad SMARTS) is 1. The standard InChI is InChI=1S/C16H22N2O4/c1-9(2)17-7-11(19)8-22-13-6-4-5-12-14(13)10(3)15(18-12)16(20)21/h4-6,9,11,17-19H,7-8H2,1-3H3,(H,20,21). The van der Waals surface area contributed by atoms with Crippen molar-refractivity contribution < 1.29 is 19.7 Å². The Morgan fingerprint density at radius 2 is 2.14 bits per heavy atom. The van der Waals surface area contributed by atoms with Crippen molar-refractivity contribution in [3.8, 4) is 5.75 Å². The number of aromatic amines is 1. The lowest BCUT2D eigenvalue weighted by atomic mass is 10.1. The fourth-order valence-corrected chi connectivity index (χ4v) is 2.33. The number of aromatic nitrogens is 1. The molecule has 0 bridgehead atoms. The Morgan fingerprint density at radius 1 is 1.41 bits per heavy atom. The first-order valence-corrected chi connectivity index (χ1v) is 7.29. The van der Waals surface area contributed by atoms with Crippen molar-refractivity contribution in [3.05, 3.63) is 29.5 Å². The van der Waals surface area contributed by atoms with E-state index < -0.39 is 12.1 Å². The normalized spacial score (nSPS) is 12.8. The van der Waals surface area contributed by atoms with Crippen molar-refractivity contribution in [1.82, 2.24) is 10.3 Å². The van der Waals surface area contributed by atoms with Crippen LogP contribution in [-0.2, 0) is 0 Å². The molecule has 0 aliphatic heterocycles. The molecule has 0 amide bonds. The summed E-state index contributed by atoms with van der Waals surface area (Å²) < 4.78 is 5.68. The van der Waals surface area contributed by atoms with Crippen LogP contribution in [0, 0.1) is 6.92 Å². The molecule has 0 fully saturated rings. The van der Waals surface area contributed by atoms with Gasteiger partial charge in [-0.05, 0) is 24.6 Å². The molecule has 22 heavy (non-hydrogen) atoms. The molecule has 0 spiro atoms. The summed E-state index contributed by atoms with van der Waals surface area (Å²) in [7, 11) is 0. The highest BCUT2D eigenvalue weighted by molar-refractivity contribution is 5.99. The third-order valence-corrected chi connectivity index (χ3v) is 3.44. The highest BCUT2D eigenvalue weighted by Crippen LogP contribution is 2.30. The Balaban J connectivity index is 2.16. The van der Waals surface area contributed by atoms with Crippen LogP contribution in [-0.4, -0.2) is 46.5 Å². The number of carbonyl (C=O) groups is 1. The Labute approximate surface area is 129 Å². The van der Waals surface area contributed by atoms with E-state index in [0.29, 0.717) is 29.4 Å². The number of H-pyrrole nitrogens is 1. The molecule has 1 unspecified atom stereocenters. The second-order valence-electron chi connectivity index (χ2n) is 5.64. The monoisotopic (exact) mass is 306 g/mol. The molecule has 0 saturated heterocycles. The van der Waals surface area contributed by atoms with E-state index in [2.05, 4.69) is 10.3 Å². The number of carboxylic acids is 1. The quantitative estimate of drug-likeness (QED) is 0.627. The van der Waals surface area contributed by atoms with Crippen molar-refractivity contribution in [3.63, 3.8) is 0 Å². The van der Waals surface area contributed by atoms with Crippen molar-refractivity contribution in [2.75, 3.05) is 13.2 Å². The second-order valence-corrected chi connectivity index (χ2v) is 5.64. The molecule has 0 saturated carbocycles. The van der Waals surface area contributed by atoms with Gasteiger partial charge in [-0.15, -0.1) is 0 Å². The molecule has 1 heterocycles. The van der Waals surface area contributed by atoms with Gasteiger partial charge in [-0.1, -0.05) is 19.9 Å². The smallest absolute Gasteiger partial charge is 0.352 e. The molecule has 1 aromatic heterocycles. The lowest BCUT2D eigenvalue weighted by Crippen LogP contribution is -2.35. The SMILES string of the molecule is Cc1c(C(=O)O)[nH]c2cccc(OCC(O)CNC(C)C)c12. The van der Waals surface area contributed by atoms with Crippen molar-refractivity contribution >= 4 is 16.9 Å². The fourth-order valence-electron chi connectivity index (χ4n) is 2.33. The van der Waals surface area contributed by atoms with Crippen molar-refractivity contribution in [2.45, 2.75) is 32.9 Å². The minimum Gasteiger partial charge on any atom is -0.490 e. The van der Waals surface area contributed by atoms with Crippen molar-refractivity contribution in [1.29, 1.82) is 0 Å². The molecule has 6 heteroatoms. The van der Waals surface area contributed by atoms with E-state index in [1.807, 2.05) is 13.8 Å². The Bertz CT molecular complexity index is 663. The molecule has 1 atom stereocenters. The number of hydrogen-bond donors (Lipinski definition) is 4. The third kappa shape index (κ3) is 3.58. The van der Waals surface area contributed by atoms with Crippen LogP contribution in [0.5, 0.6) is 5.75 Å². The van der Waals surface area contributed by atoms with Gasteiger partial charge in [-0.2, -0.15) is 0 Å². The van der Waals surface area contributed by atoms with Gasteiger partial charge in [0.15, 0.2) is 0 Å². The molecular weight excluding hydrogens is 284 g/mol. The average molecular weight is 306 g/mol. The maximum Gasteiger partial charge on any atom is 0.352 e. The number of benzene rings is 1. The molecule has 4 N–H and O–H groups in total. The predicted octanol–water partition coefficient (Wildman–Crippen LogP) is 1.91. The Kier molecular flexibility index (Phi) is 5.05.